The molecular formula is C54H40N4. The Morgan fingerprint density at radius 2 is 1.24 bits per heavy atom. The number of nitrogens with one attached hydrogen (secondary N) is 1. The Balaban J connectivity index is 1.12. The van der Waals surface area contributed by atoms with Gasteiger partial charge in [0, 0.05) is 39.3 Å². The zero-order chi connectivity index (χ0) is 39.2. The number of nitrogens with zero attached hydrogens (tertiary/aromatic N) is 3. The fraction of sp³-hybridized carbons (Fsp3) is 0.0556. The van der Waals surface area contributed by atoms with Crippen LogP contribution in [0.15, 0.2) is 199 Å². The van der Waals surface area contributed by atoms with Gasteiger partial charge in [-0.25, -0.2) is 4.52 Å². The third-order valence-electron chi connectivity index (χ3n) is 11.5. The summed E-state index contributed by atoms with van der Waals surface area (Å²) in [6.07, 6.45) is 3.81. The molecular weight excluding hydrogens is 705 g/mol. The van der Waals surface area contributed by atoms with Crippen LogP contribution >= 0.6 is 0 Å². The number of aromatic nitrogens is 2. The van der Waals surface area contributed by atoms with Gasteiger partial charge in [-0.2, -0.15) is 5.10 Å². The first-order chi connectivity index (χ1) is 28.4. The lowest BCUT2D eigenvalue weighted by Crippen LogP contribution is -2.15. The molecule has 0 unspecified atom stereocenters. The molecule has 9 aromatic rings. The van der Waals surface area contributed by atoms with E-state index in [2.05, 4.69) is 170 Å². The van der Waals surface area contributed by atoms with Gasteiger partial charge in [-0.15, -0.1) is 0 Å². The topological polar surface area (TPSA) is 53.5 Å². The predicted molar refractivity (Wildman–Crippen MR) is 242 cm³/mol. The highest BCUT2D eigenvalue weighted by Crippen LogP contribution is 2.49. The Bertz CT molecular complexity index is 3080. The van der Waals surface area contributed by atoms with Crippen LogP contribution in [0.5, 0.6) is 0 Å². The number of hydrogen-bond acceptors (Lipinski definition) is 3. The van der Waals surface area contributed by atoms with Crippen LogP contribution in [0.3, 0.4) is 0 Å². The van der Waals surface area contributed by atoms with Crippen molar-refractivity contribution in [3.8, 4) is 44.8 Å². The van der Waals surface area contributed by atoms with E-state index >= 15 is 0 Å². The zero-order valence-electron chi connectivity index (χ0n) is 32.4. The monoisotopic (exact) mass is 744 g/mol. The van der Waals surface area contributed by atoms with Crippen LogP contribution in [0.2, 0.25) is 0 Å². The fourth-order valence-electron chi connectivity index (χ4n) is 8.59. The van der Waals surface area contributed by atoms with E-state index in [-0.39, 0.29) is 5.41 Å². The standard InChI is InChI=1S/C54H40N4/c1-54(2)46-28-15-14-27-44(46)45-30-29-41(32-47(45)54)49(34-48(55)37-18-6-3-7-19-37)56-35-36-17-16-25-42(31-36)52-51(39-22-10-5-11-23-39)53-43-26-13-12-24-40(43)33-50(58(53)57-52)38-20-8-4-9-21-38/h3-35,55H,1-2H3/b49-34-,55-48?,56-35?. The molecule has 10 rings (SSSR count). The highest BCUT2D eigenvalue weighted by atomic mass is 15.2. The largest absolute Gasteiger partial charge is 0.300 e. The summed E-state index contributed by atoms with van der Waals surface area (Å²) in [5.74, 6) is 0. The number of allylic oxidation sites excluding steroid dienone is 1. The molecule has 0 atom stereocenters. The molecule has 0 saturated heterocycles. The van der Waals surface area contributed by atoms with E-state index in [1.165, 1.54) is 22.3 Å². The van der Waals surface area contributed by atoms with Gasteiger partial charge >= 0.3 is 0 Å². The zero-order valence-corrected chi connectivity index (χ0v) is 32.4. The lowest BCUT2D eigenvalue weighted by atomic mass is 9.82. The van der Waals surface area contributed by atoms with Crippen molar-refractivity contribution in [1.29, 1.82) is 5.41 Å². The SMILES string of the molecule is CC1(C)c2ccccc2-c2ccc(/C(=C/C(=N)c3ccccc3)N=Cc3cccc(-c4nn5c(-c6ccccc6)cc6ccccc6c5c4-c4ccccc4)c3)cc21. The highest BCUT2D eigenvalue weighted by molar-refractivity contribution is 6.11. The normalized spacial score (nSPS) is 13.2. The number of hydrogen-bond donors (Lipinski definition) is 1. The summed E-state index contributed by atoms with van der Waals surface area (Å²) < 4.78 is 2.12. The van der Waals surface area contributed by atoms with Crippen molar-refractivity contribution in [3.05, 3.63) is 222 Å². The molecule has 0 bridgehead atoms. The molecule has 2 aromatic heterocycles. The molecule has 1 aliphatic carbocycles. The van der Waals surface area contributed by atoms with Crippen molar-refractivity contribution in [2.45, 2.75) is 19.3 Å². The van der Waals surface area contributed by atoms with Crippen molar-refractivity contribution in [3.63, 3.8) is 0 Å². The molecule has 0 aliphatic heterocycles. The summed E-state index contributed by atoms with van der Waals surface area (Å²) in [4.78, 5) is 5.17. The fourth-order valence-corrected chi connectivity index (χ4v) is 8.59. The van der Waals surface area contributed by atoms with Crippen molar-refractivity contribution >= 4 is 33.9 Å². The van der Waals surface area contributed by atoms with Crippen molar-refractivity contribution in [2.75, 3.05) is 0 Å². The van der Waals surface area contributed by atoms with E-state index < -0.39 is 0 Å². The van der Waals surface area contributed by atoms with Gasteiger partial charge in [0.1, 0.15) is 5.69 Å². The molecule has 2 heterocycles. The number of aliphatic imine (C=N–C) groups is 1. The van der Waals surface area contributed by atoms with Crippen LogP contribution in [-0.2, 0) is 5.41 Å². The van der Waals surface area contributed by atoms with Gasteiger partial charge in [-0.1, -0.05) is 184 Å². The number of benzene rings is 7. The predicted octanol–water partition coefficient (Wildman–Crippen LogP) is 13.3. The van der Waals surface area contributed by atoms with Crippen LogP contribution in [0.4, 0.5) is 0 Å². The van der Waals surface area contributed by atoms with Crippen LogP contribution in [0.1, 0.15) is 41.7 Å². The summed E-state index contributed by atoms with van der Waals surface area (Å²) in [6, 6.07) is 65.5. The first kappa shape index (κ1) is 35.0. The van der Waals surface area contributed by atoms with E-state index in [4.69, 9.17) is 15.5 Å². The molecule has 276 valence electrons. The molecule has 1 aliphatic rings. The molecule has 4 heteroatoms. The van der Waals surface area contributed by atoms with Crippen molar-refractivity contribution < 1.29 is 0 Å². The van der Waals surface area contributed by atoms with E-state index in [0.717, 1.165) is 72.3 Å². The van der Waals surface area contributed by atoms with Gasteiger partial charge in [-0.05, 0) is 68.6 Å². The van der Waals surface area contributed by atoms with E-state index in [0.29, 0.717) is 5.71 Å². The maximum absolute atomic E-state index is 9.11. The molecule has 4 nitrogen and oxygen atoms in total. The number of pyridine rings is 1. The maximum Gasteiger partial charge on any atom is 0.101 e. The summed E-state index contributed by atoms with van der Waals surface area (Å²) in [6.45, 7) is 4.58. The Labute approximate surface area is 338 Å². The average Bonchev–Trinajstić information content (AvgIpc) is 3.79. The lowest BCUT2D eigenvalue weighted by Gasteiger charge is -2.22. The molecule has 0 radical (unpaired) electrons. The first-order valence-corrected chi connectivity index (χ1v) is 19.7. The molecule has 0 fully saturated rings. The Kier molecular flexibility index (Phi) is 8.61. The highest BCUT2D eigenvalue weighted by Gasteiger charge is 2.35. The molecule has 0 saturated carbocycles. The smallest absolute Gasteiger partial charge is 0.101 e. The molecule has 58 heavy (non-hydrogen) atoms. The van der Waals surface area contributed by atoms with Gasteiger partial charge in [0.2, 0.25) is 0 Å². The quantitative estimate of drug-likeness (QED) is 0.155. The minimum atomic E-state index is -0.158. The number of rotatable bonds is 8. The average molecular weight is 745 g/mol. The molecule has 1 N–H and O–H groups in total. The second kappa shape index (κ2) is 14.3. The molecule has 0 spiro atoms. The van der Waals surface area contributed by atoms with Gasteiger partial charge in [0.25, 0.3) is 0 Å². The van der Waals surface area contributed by atoms with Crippen molar-refractivity contribution in [1.82, 2.24) is 9.61 Å². The lowest BCUT2D eigenvalue weighted by molar-refractivity contribution is 0.660. The third kappa shape index (κ3) is 6.07. The van der Waals surface area contributed by atoms with E-state index in [1.54, 1.807) is 0 Å². The molecule has 0 amide bonds. The maximum atomic E-state index is 9.11. The summed E-state index contributed by atoms with van der Waals surface area (Å²) in [7, 11) is 0. The van der Waals surface area contributed by atoms with Gasteiger partial charge < -0.3 is 5.41 Å². The number of fused-ring (bicyclic) bond motifs is 6. The van der Waals surface area contributed by atoms with Gasteiger partial charge in [0.05, 0.1) is 22.6 Å². The second-order valence-corrected chi connectivity index (χ2v) is 15.5. The summed E-state index contributed by atoms with van der Waals surface area (Å²) >= 11 is 0. The van der Waals surface area contributed by atoms with Crippen LogP contribution in [0.25, 0.3) is 66.8 Å². The van der Waals surface area contributed by atoms with Gasteiger partial charge in [-0.3, -0.25) is 4.99 Å². The minimum Gasteiger partial charge on any atom is -0.300 e. The van der Waals surface area contributed by atoms with Crippen LogP contribution in [0, 0.1) is 5.41 Å². The van der Waals surface area contributed by atoms with Crippen LogP contribution in [-0.4, -0.2) is 21.5 Å². The Morgan fingerprint density at radius 3 is 2.03 bits per heavy atom. The summed E-state index contributed by atoms with van der Waals surface area (Å²) in [5.41, 5.74) is 16.2. The van der Waals surface area contributed by atoms with Gasteiger partial charge in [0.15, 0.2) is 0 Å². The van der Waals surface area contributed by atoms with Crippen LogP contribution < -0.4 is 0 Å². The second-order valence-electron chi connectivity index (χ2n) is 15.5. The Hall–Kier alpha value is -7.43. The van der Waals surface area contributed by atoms with E-state index in [1.807, 2.05) is 48.7 Å². The Morgan fingerprint density at radius 1 is 0.586 bits per heavy atom. The van der Waals surface area contributed by atoms with Crippen molar-refractivity contribution in [2.24, 2.45) is 4.99 Å². The third-order valence-corrected chi connectivity index (χ3v) is 11.5. The first-order valence-electron chi connectivity index (χ1n) is 19.7. The van der Waals surface area contributed by atoms with E-state index in [9.17, 15) is 0 Å². The minimum absolute atomic E-state index is 0.158. The summed E-state index contributed by atoms with van der Waals surface area (Å²) in [5, 5.41) is 16.9. The molecule has 7 aromatic carbocycles.